The molecule has 4 heteroatoms. The molecule has 2 heterocycles. The SMILES string of the molecule is O=C(c1cccnc1)N1CCC(Oc2ccccc2)CC1. The Morgan fingerprint density at radius 3 is 2.52 bits per heavy atom. The van der Waals surface area contributed by atoms with Gasteiger partial charge in [-0.25, -0.2) is 0 Å². The van der Waals surface area contributed by atoms with E-state index in [2.05, 4.69) is 4.98 Å². The summed E-state index contributed by atoms with van der Waals surface area (Å²) in [7, 11) is 0. The number of carbonyl (C=O) groups is 1. The molecule has 1 aromatic carbocycles. The molecule has 2 aromatic rings. The van der Waals surface area contributed by atoms with Gasteiger partial charge in [0, 0.05) is 38.3 Å². The van der Waals surface area contributed by atoms with Gasteiger partial charge in [0.05, 0.1) is 5.56 Å². The van der Waals surface area contributed by atoms with E-state index in [9.17, 15) is 4.79 Å². The summed E-state index contributed by atoms with van der Waals surface area (Å²) in [6.07, 6.45) is 5.21. The fourth-order valence-electron chi connectivity index (χ4n) is 2.54. The van der Waals surface area contributed by atoms with Crippen molar-refractivity contribution in [3.05, 3.63) is 60.4 Å². The van der Waals surface area contributed by atoms with Crippen LogP contribution < -0.4 is 4.74 Å². The maximum atomic E-state index is 12.3. The van der Waals surface area contributed by atoms with Crippen LogP contribution in [0.4, 0.5) is 0 Å². The lowest BCUT2D eigenvalue weighted by Gasteiger charge is -2.32. The summed E-state index contributed by atoms with van der Waals surface area (Å²) in [5.41, 5.74) is 0.653. The molecule has 0 atom stereocenters. The van der Waals surface area contributed by atoms with E-state index in [-0.39, 0.29) is 12.0 Å². The van der Waals surface area contributed by atoms with Crippen molar-refractivity contribution in [3.8, 4) is 5.75 Å². The number of pyridine rings is 1. The number of hydrogen-bond acceptors (Lipinski definition) is 3. The van der Waals surface area contributed by atoms with Crippen molar-refractivity contribution < 1.29 is 9.53 Å². The highest BCUT2D eigenvalue weighted by atomic mass is 16.5. The maximum Gasteiger partial charge on any atom is 0.255 e. The molecule has 0 saturated carbocycles. The first kappa shape index (κ1) is 13.6. The van der Waals surface area contributed by atoms with E-state index in [0.717, 1.165) is 31.7 Å². The molecule has 0 unspecified atom stereocenters. The quantitative estimate of drug-likeness (QED) is 0.869. The van der Waals surface area contributed by atoms with E-state index < -0.39 is 0 Å². The van der Waals surface area contributed by atoms with Gasteiger partial charge in [0.25, 0.3) is 5.91 Å². The van der Waals surface area contributed by atoms with Gasteiger partial charge in [-0.2, -0.15) is 0 Å². The van der Waals surface area contributed by atoms with Gasteiger partial charge < -0.3 is 9.64 Å². The summed E-state index contributed by atoms with van der Waals surface area (Å²) in [6.45, 7) is 1.45. The Morgan fingerprint density at radius 1 is 1.10 bits per heavy atom. The first-order chi connectivity index (χ1) is 10.3. The average Bonchev–Trinajstić information content (AvgIpc) is 2.57. The van der Waals surface area contributed by atoms with Gasteiger partial charge in [0.15, 0.2) is 0 Å². The third kappa shape index (κ3) is 3.40. The minimum absolute atomic E-state index is 0.0567. The summed E-state index contributed by atoms with van der Waals surface area (Å²) in [4.78, 5) is 18.2. The smallest absolute Gasteiger partial charge is 0.255 e. The van der Waals surface area contributed by atoms with E-state index in [4.69, 9.17) is 4.74 Å². The van der Waals surface area contributed by atoms with Crippen LogP contribution in [0, 0.1) is 0 Å². The van der Waals surface area contributed by atoms with E-state index in [0.29, 0.717) is 5.56 Å². The van der Waals surface area contributed by atoms with Gasteiger partial charge in [0.2, 0.25) is 0 Å². The van der Waals surface area contributed by atoms with Crippen molar-refractivity contribution in [1.82, 2.24) is 9.88 Å². The monoisotopic (exact) mass is 282 g/mol. The molecule has 0 bridgehead atoms. The van der Waals surface area contributed by atoms with Crippen LogP contribution in [-0.4, -0.2) is 35.0 Å². The number of piperidine rings is 1. The van der Waals surface area contributed by atoms with Crippen molar-refractivity contribution in [1.29, 1.82) is 0 Å². The van der Waals surface area contributed by atoms with Crippen LogP contribution in [0.15, 0.2) is 54.9 Å². The molecule has 4 nitrogen and oxygen atoms in total. The Labute approximate surface area is 124 Å². The molecule has 1 saturated heterocycles. The molecule has 0 spiro atoms. The Bertz CT molecular complexity index is 578. The lowest BCUT2D eigenvalue weighted by atomic mass is 10.1. The van der Waals surface area contributed by atoms with Gasteiger partial charge in [-0.1, -0.05) is 18.2 Å². The van der Waals surface area contributed by atoms with Crippen molar-refractivity contribution in [3.63, 3.8) is 0 Å². The van der Waals surface area contributed by atoms with Crippen molar-refractivity contribution in [2.75, 3.05) is 13.1 Å². The van der Waals surface area contributed by atoms with Crippen molar-refractivity contribution >= 4 is 5.91 Å². The number of hydrogen-bond donors (Lipinski definition) is 0. The van der Waals surface area contributed by atoms with Crippen LogP contribution in [0.1, 0.15) is 23.2 Å². The van der Waals surface area contributed by atoms with E-state index in [1.807, 2.05) is 41.3 Å². The number of rotatable bonds is 3. The average molecular weight is 282 g/mol. The Balaban J connectivity index is 1.54. The Hall–Kier alpha value is -2.36. The van der Waals surface area contributed by atoms with Crippen LogP contribution in [0.5, 0.6) is 5.75 Å². The minimum Gasteiger partial charge on any atom is -0.490 e. The molecule has 1 fully saturated rings. The third-order valence-corrected chi connectivity index (χ3v) is 3.68. The van der Waals surface area contributed by atoms with Crippen LogP contribution in [0.25, 0.3) is 0 Å². The zero-order chi connectivity index (χ0) is 14.5. The van der Waals surface area contributed by atoms with Gasteiger partial charge in [0.1, 0.15) is 11.9 Å². The highest BCUT2D eigenvalue weighted by molar-refractivity contribution is 5.93. The topological polar surface area (TPSA) is 42.4 Å². The number of benzene rings is 1. The van der Waals surface area contributed by atoms with Crippen LogP contribution in [0.3, 0.4) is 0 Å². The molecule has 21 heavy (non-hydrogen) atoms. The number of likely N-dealkylation sites (tertiary alicyclic amines) is 1. The van der Waals surface area contributed by atoms with Crippen LogP contribution >= 0.6 is 0 Å². The lowest BCUT2D eigenvalue weighted by Crippen LogP contribution is -2.41. The van der Waals surface area contributed by atoms with Gasteiger partial charge in [-0.15, -0.1) is 0 Å². The predicted molar refractivity (Wildman–Crippen MR) is 80.2 cm³/mol. The van der Waals surface area contributed by atoms with Crippen molar-refractivity contribution in [2.24, 2.45) is 0 Å². The second-order valence-corrected chi connectivity index (χ2v) is 5.16. The largest absolute Gasteiger partial charge is 0.490 e. The second-order valence-electron chi connectivity index (χ2n) is 5.16. The molecular formula is C17H18N2O2. The lowest BCUT2D eigenvalue weighted by molar-refractivity contribution is 0.0595. The van der Waals surface area contributed by atoms with E-state index in [1.165, 1.54) is 0 Å². The molecule has 1 aromatic heterocycles. The molecule has 1 aliphatic rings. The summed E-state index contributed by atoms with van der Waals surface area (Å²) >= 11 is 0. The van der Waals surface area contributed by atoms with Gasteiger partial charge >= 0.3 is 0 Å². The Kier molecular flexibility index (Phi) is 4.15. The minimum atomic E-state index is 0.0567. The zero-order valence-electron chi connectivity index (χ0n) is 11.8. The number of nitrogens with zero attached hydrogens (tertiary/aromatic N) is 2. The first-order valence-electron chi connectivity index (χ1n) is 7.24. The normalized spacial score (nSPS) is 15.7. The highest BCUT2D eigenvalue weighted by Gasteiger charge is 2.24. The Morgan fingerprint density at radius 2 is 1.86 bits per heavy atom. The summed E-state index contributed by atoms with van der Waals surface area (Å²) < 4.78 is 5.94. The number of para-hydroxylation sites is 1. The fourth-order valence-corrected chi connectivity index (χ4v) is 2.54. The molecule has 1 amide bonds. The second kappa shape index (κ2) is 6.39. The number of carbonyl (C=O) groups excluding carboxylic acids is 1. The van der Waals surface area contributed by atoms with Crippen LogP contribution in [0.2, 0.25) is 0 Å². The molecule has 0 N–H and O–H groups in total. The molecule has 1 aliphatic heterocycles. The summed E-state index contributed by atoms with van der Waals surface area (Å²) in [6, 6.07) is 13.4. The molecule has 0 radical (unpaired) electrons. The van der Waals surface area contributed by atoms with Gasteiger partial charge in [-0.05, 0) is 24.3 Å². The number of amides is 1. The number of aromatic nitrogens is 1. The third-order valence-electron chi connectivity index (χ3n) is 3.68. The summed E-state index contributed by atoms with van der Waals surface area (Å²) in [5, 5.41) is 0. The molecule has 3 rings (SSSR count). The maximum absolute atomic E-state index is 12.3. The van der Waals surface area contributed by atoms with E-state index >= 15 is 0 Å². The van der Waals surface area contributed by atoms with Crippen LogP contribution in [-0.2, 0) is 0 Å². The van der Waals surface area contributed by atoms with Crippen molar-refractivity contribution in [2.45, 2.75) is 18.9 Å². The highest BCUT2D eigenvalue weighted by Crippen LogP contribution is 2.19. The molecular weight excluding hydrogens is 264 g/mol. The molecule has 108 valence electrons. The first-order valence-corrected chi connectivity index (χ1v) is 7.24. The predicted octanol–water partition coefficient (Wildman–Crippen LogP) is 2.77. The molecule has 0 aliphatic carbocycles. The summed E-state index contributed by atoms with van der Waals surface area (Å²) in [5.74, 6) is 0.954. The van der Waals surface area contributed by atoms with E-state index in [1.54, 1.807) is 18.5 Å². The van der Waals surface area contributed by atoms with Gasteiger partial charge in [-0.3, -0.25) is 9.78 Å². The number of ether oxygens (including phenoxy) is 1. The zero-order valence-corrected chi connectivity index (χ0v) is 11.8. The fraction of sp³-hybridized carbons (Fsp3) is 0.294. The standard InChI is InChI=1S/C17H18N2O2/c20-17(14-5-4-10-18-13-14)19-11-8-16(9-12-19)21-15-6-2-1-3-7-15/h1-7,10,13,16H,8-9,11-12H2.